The molecule has 1 saturated heterocycles. The summed E-state index contributed by atoms with van der Waals surface area (Å²) in [5, 5.41) is 3.45. The topological polar surface area (TPSA) is 28.2 Å². The number of hydrogen-bond donors (Lipinski definition) is 1. The summed E-state index contributed by atoms with van der Waals surface area (Å²) in [6.45, 7) is 6.97. The minimum Gasteiger partial charge on any atom is -0.316 e. The lowest BCUT2D eigenvalue weighted by Gasteiger charge is -2.29. The number of nitrogens with one attached hydrogen (secondary N) is 1. The van der Waals surface area contributed by atoms with Crippen LogP contribution in [0.25, 0.3) is 0 Å². The molecule has 0 aliphatic carbocycles. The first kappa shape index (κ1) is 12.5. The van der Waals surface area contributed by atoms with Crippen LogP contribution >= 0.6 is 0 Å². The Morgan fingerprint density at radius 2 is 2.35 bits per heavy atom. The number of nitrogens with zero attached hydrogens (tertiary/aromatic N) is 2. The van der Waals surface area contributed by atoms with Gasteiger partial charge in [-0.25, -0.2) is 0 Å². The summed E-state index contributed by atoms with van der Waals surface area (Å²) in [5.74, 6) is 0. The van der Waals surface area contributed by atoms with Gasteiger partial charge >= 0.3 is 0 Å². The van der Waals surface area contributed by atoms with Gasteiger partial charge in [-0.15, -0.1) is 0 Å². The minimum absolute atomic E-state index is 0.457. The van der Waals surface area contributed by atoms with Crippen molar-refractivity contribution in [3.63, 3.8) is 0 Å². The zero-order valence-electron chi connectivity index (χ0n) is 10.9. The van der Waals surface area contributed by atoms with Crippen molar-refractivity contribution in [3.8, 4) is 0 Å². The van der Waals surface area contributed by atoms with E-state index in [2.05, 4.69) is 41.3 Å². The van der Waals surface area contributed by atoms with Crippen LogP contribution < -0.4 is 5.32 Å². The van der Waals surface area contributed by atoms with Crippen molar-refractivity contribution in [1.29, 1.82) is 0 Å². The molecule has 1 fully saturated rings. The second-order valence-electron chi connectivity index (χ2n) is 5.55. The molecule has 1 aromatic rings. The highest BCUT2D eigenvalue weighted by molar-refractivity contribution is 5.03. The minimum atomic E-state index is 0.457. The van der Waals surface area contributed by atoms with Gasteiger partial charge in [0.05, 0.1) is 0 Å². The van der Waals surface area contributed by atoms with Crippen LogP contribution in [0.3, 0.4) is 0 Å². The summed E-state index contributed by atoms with van der Waals surface area (Å²) < 4.78 is 0. The van der Waals surface area contributed by atoms with Gasteiger partial charge in [-0.1, -0.05) is 13.0 Å². The summed E-state index contributed by atoms with van der Waals surface area (Å²) in [6.07, 6.45) is 4.21. The van der Waals surface area contributed by atoms with Crippen LogP contribution in [0.5, 0.6) is 0 Å². The van der Waals surface area contributed by atoms with Crippen molar-refractivity contribution in [2.45, 2.75) is 19.8 Å². The Bertz CT molecular complexity index is 331. The highest BCUT2D eigenvalue weighted by atomic mass is 15.1. The zero-order chi connectivity index (χ0) is 12.1. The van der Waals surface area contributed by atoms with E-state index >= 15 is 0 Å². The molecule has 0 saturated carbocycles. The lowest BCUT2D eigenvalue weighted by atomic mass is 9.89. The smallest absolute Gasteiger partial charge is 0.0416 e. The van der Waals surface area contributed by atoms with E-state index in [0.29, 0.717) is 5.41 Å². The molecule has 0 spiro atoms. The van der Waals surface area contributed by atoms with Gasteiger partial charge in [0.15, 0.2) is 0 Å². The first-order valence-corrected chi connectivity index (χ1v) is 6.47. The molecule has 2 heterocycles. The van der Waals surface area contributed by atoms with Crippen molar-refractivity contribution in [2.75, 3.05) is 33.2 Å². The van der Waals surface area contributed by atoms with Gasteiger partial charge in [-0.3, -0.25) is 4.98 Å². The third-order valence-corrected chi connectivity index (χ3v) is 3.58. The molecule has 0 bridgehead atoms. The van der Waals surface area contributed by atoms with Gasteiger partial charge < -0.3 is 10.2 Å². The summed E-state index contributed by atoms with van der Waals surface area (Å²) in [6, 6.07) is 6.13. The standard InChI is InChI=1S/C14H23N3/c1-14(7-9-15-11-14)12-17(2)10-6-13-5-3-4-8-16-13/h3-5,8,15H,6-7,9-12H2,1-2H3. The Kier molecular flexibility index (Phi) is 4.13. The fourth-order valence-electron chi connectivity index (χ4n) is 2.59. The molecule has 17 heavy (non-hydrogen) atoms. The number of aromatic nitrogens is 1. The van der Waals surface area contributed by atoms with Crippen molar-refractivity contribution in [1.82, 2.24) is 15.2 Å². The number of rotatable bonds is 5. The summed E-state index contributed by atoms with van der Waals surface area (Å²) in [7, 11) is 2.21. The monoisotopic (exact) mass is 233 g/mol. The molecule has 2 rings (SSSR count). The second-order valence-corrected chi connectivity index (χ2v) is 5.55. The van der Waals surface area contributed by atoms with Gasteiger partial charge in [0.2, 0.25) is 0 Å². The van der Waals surface area contributed by atoms with Crippen LogP contribution in [-0.4, -0.2) is 43.1 Å². The molecule has 1 atom stereocenters. The summed E-state index contributed by atoms with van der Waals surface area (Å²) in [5.41, 5.74) is 1.65. The molecule has 0 amide bonds. The first-order chi connectivity index (χ1) is 8.18. The van der Waals surface area contributed by atoms with Crippen LogP contribution in [0.4, 0.5) is 0 Å². The maximum Gasteiger partial charge on any atom is 0.0416 e. The quantitative estimate of drug-likeness (QED) is 0.836. The molecule has 1 aliphatic rings. The Labute approximate surface area is 104 Å². The lowest BCUT2D eigenvalue weighted by Crippen LogP contribution is -2.36. The molecule has 94 valence electrons. The van der Waals surface area contributed by atoms with E-state index in [-0.39, 0.29) is 0 Å². The third kappa shape index (κ3) is 3.79. The maximum absolute atomic E-state index is 4.36. The Hall–Kier alpha value is -0.930. The normalized spacial score (nSPS) is 24.4. The Morgan fingerprint density at radius 1 is 1.47 bits per heavy atom. The molecule has 3 heteroatoms. The average molecular weight is 233 g/mol. The van der Waals surface area contributed by atoms with E-state index in [9.17, 15) is 0 Å². The van der Waals surface area contributed by atoms with Gasteiger partial charge in [0.1, 0.15) is 0 Å². The number of pyridine rings is 1. The van der Waals surface area contributed by atoms with Gasteiger partial charge in [0, 0.05) is 37.9 Å². The fraction of sp³-hybridized carbons (Fsp3) is 0.643. The van der Waals surface area contributed by atoms with E-state index < -0.39 is 0 Å². The molecular weight excluding hydrogens is 210 g/mol. The van der Waals surface area contributed by atoms with E-state index in [4.69, 9.17) is 0 Å². The average Bonchev–Trinajstić information content (AvgIpc) is 2.74. The van der Waals surface area contributed by atoms with Crippen LogP contribution in [0.2, 0.25) is 0 Å². The fourth-order valence-corrected chi connectivity index (χ4v) is 2.59. The van der Waals surface area contributed by atoms with Gasteiger partial charge in [-0.05, 0) is 37.6 Å². The zero-order valence-corrected chi connectivity index (χ0v) is 10.9. The molecule has 3 nitrogen and oxygen atoms in total. The van der Waals surface area contributed by atoms with Gasteiger partial charge in [0.25, 0.3) is 0 Å². The SMILES string of the molecule is CN(CCc1ccccn1)CC1(C)CCNC1. The van der Waals surface area contributed by atoms with Crippen LogP contribution in [0.15, 0.2) is 24.4 Å². The molecular formula is C14H23N3. The molecule has 0 aromatic carbocycles. The van der Waals surface area contributed by atoms with Crippen molar-refractivity contribution in [3.05, 3.63) is 30.1 Å². The molecule has 1 aliphatic heterocycles. The first-order valence-electron chi connectivity index (χ1n) is 6.47. The Balaban J connectivity index is 1.76. The highest BCUT2D eigenvalue weighted by Gasteiger charge is 2.29. The summed E-state index contributed by atoms with van der Waals surface area (Å²) in [4.78, 5) is 6.79. The van der Waals surface area contributed by atoms with E-state index in [0.717, 1.165) is 19.5 Å². The van der Waals surface area contributed by atoms with E-state index in [1.807, 2.05) is 12.3 Å². The molecule has 1 N–H and O–H groups in total. The second kappa shape index (κ2) is 5.61. The molecule has 1 aromatic heterocycles. The van der Waals surface area contributed by atoms with Crippen LogP contribution in [0.1, 0.15) is 19.0 Å². The molecule has 1 unspecified atom stereocenters. The predicted molar refractivity (Wildman–Crippen MR) is 71.0 cm³/mol. The van der Waals surface area contributed by atoms with E-state index in [1.165, 1.54) is 25.2 Å². The third-order valence-electron chi connectivity index (χ3n) is 3.58. The summed E-state index contributed by atoms with van der Waals surface area (Å²) >= 11 is 0. The maximum atomic E-state index is 4.36. The number of hydrogen-bond acceptors (Lipinski definition) is 3. The van der Waals surface area contributed by atoms with Crippen molar-refractivity contribution >= 4 is 0 Å². The van der Waals surface area contributed by atoms with E-state index in [1.54, 1.807) is 0 Å². The van der Waals surface area contributed by atoms with Crippen LogP contribution in [-0.2, 0) is 6.42 Å². The molecule has 0 radical (unpaired) electrons. The lowest BCUT2D eigenvalue weighted by molar-refractivity contribution is 0.210. The van der Waals surface area contributed by atoms with Gasteiger partial charge in [-0.2, -0.15) is 0 Å². The Morgan fingerprint density at radius 3 is 3.00 bits per heavy atom. The largest absolute Gasteiger partial charge is 0.316 e. The highest BCUT2D eigenvalue weighted by Crippen LogP contribution is 2.25. The van der Waals surface area contributed by atoms with Crippen molar-refractivity contribution in [2.24, 2.45) is 5.41 Å². The predicted octanol–water partition coefficient (Wildman–Crippen LogP) is 1.56. The van der Waals surface area contributed by atoms with Crippen LogP contribution in [0, 0.1) is 5.41 Å². The number of likely N-dealkylation sites (N-methyl/N-ethyl adjacent to an activating group) is 1. The van der Waals surface area contributed by atoms with Crippen molar-refractivity contribution < 1.29 is 0 Å².